The first-order chi connectivity index (χ1) is 43.7. The van der Waals surface area contributed by atoms with E-state index in [-0.39, 0.29) is 68.6 Å². The van der Waals surface area contributed by atoms with Gasteiger partial charge in [-0.05, 0) is 180 Å². The van der Waals surface area contributed by atoms with E-state index in [9.17, 15) is 71.7 Å². The number of hydrogen-bond donors (Lipinski definition) is 10. The van der Waals surface area contributed by atoms with Gasteiger partial charge in [0.05, 0.1) is 0 Å². The van der Waals surface area contributed by atoms with Crippen LogP contribution in [0.3, 0.4) is 0 Å². The van der Waals surface area contributed by atoms with Crippen molar-refractivity contribution in [3.8, 4) is 28.7 Å². The Bertz CT molecular complexity index is 3270. The van der Waals surface area contributed by atoms with Crippen LogP contribution in [0.2, 0.25) is 0 Å². The first kappa shape index (κ1) is 88.4. The van der Waals surface area contributed by atoms with Gasteiger partial charge in [0.2, 0.25) is 5.60 Å². The van der Waals surface area contributed by atoms with Crippen molar-refractivity contribution in [3.63, 3.8) is 0 Å². The van der Waals surface area contributed by atoms with Gasteiger partial charge >= 0.3 is 12.4 Å². The van der Waals surface area contributed by atoms with Gasteiger partial charge in [0.1, 0.15) is 28.7 Å². The molecule has 0 spiro atoms. The third-order valence-electron chi connectivity index (χ3n) is 17.2. The number of para-hydroxylation sites is 1. The molecule has 12 nitrogen and oxygen atoms in total. The number of aryl methyl sites for hydroxylation is 1. The minimum Gasteiger partial charge on any atom is -0.507 e. The first-order valence-corrected chi connectivity index (χ1v) is 33.9. The number of phenolic OH excluding ortho intramolecular Hbond substituents is 5. The molecular formula is C79H121F6N3O9. The van der Waals surface area contributed by atoms with Gasteiger partial charge in [-0.25, -0.2) is 0 Å². The van der Waals surface area contributed by atoms with Gasteiger partial charge in [-0.1, -0.05) is 235 Å². The number of carbonyl (C=O) groups is 2. The number of rotatable bonds is 17. The second kappa shape index (κ2) is 34.4. The number of hydrogen-bond acceptors (Lipinski definition) is 10. The standard InChI is InChI=1S/C21H32F3NO3.C17H28O.C15H20F3NO3.C14H22O.C12H19NO/c1-13(2)16-11-15(12-17(14(3)4)18(16)26)9-7-5-6-8-10-20(28,19(25)27)21(22,23)24;1-11(2)13-9-12(16(3,4)5)10-14(15(13)18)17(6,7)8;1-7(2)10-5-9(6-11(8(3)4)12(10)20)14(22,13(19)21)15(16,17)18;1-13(2,3)10-8-7-9-11(12(10)15)14(4,5)6;1-7(2)10-5-9(13)6-11(8(3)4)12(10)14/h11-14,26,28H,5-10H2,1-4H3,(H2,25,27);9-11,18H,1-8H3;5-8,20,22H,1-4H3,(H2,19,21);7-9,15H,1-6H3;5-8,14H,13H2,1-4H3. The fourth-order valence-corrected chi connectivity index (χ4v) is 10.9. The number of amides is 2. The Morgan fingerprint density at radius 3 is 0.979 bits per heavy atom. The second-order valence-corrected chi connectivity index (χ2v) is 32.1. The van der Waals surface area contributed by atoms with Gasteiger partial charge in [0.25, 0.3) is 17.4 Å². The lowest BCUT2D eigenvalue weighted by Gasteiger charge is -2.29. The lowest BCUT2D eigenvalue weighted by Crippen LogP contribution is -2.55. The molecule has 2 atom stereocenters. The van der Waals surface area contributed by atoms with Gasteiger partial charge in [-0.3, -0.25) is 9.59 Å². The molecule has 18 heteroatoms. The molecule has 0 bridgehead atoms. The van der Waals surface area contributed by atoms with E-state index in [2.05, 4.69) is 137 Å². The maximum atomic E-state index is 13.2. The number of carbonyl (C=O) groups excluding carboxylic acids is 2. The van der Waals surface area contributed by atoms with E-state index in [0.717, 1.165) is 80.7 Å². The van der Waals surface area contributed by atoms with E-state index in [0.29, 0.717) is 53.6 Å². The fourth-order valence-electron chi connectivity index (χ4n) is 10.9. The molecule has 5 rings (SSSR count). The number of primary amides is 2. The van der Waals surface area contributed by atoms with Crippen molar-refractivity contribution >= 4 is 17.5 Å². The number of unbranched alkanes of at least 4 members (excludes halogenated alkanes) is 3. The number of aromatic hydroxyl groups is 5. The highest BCUT2D eigenvalue weighted by atomic mass is 19.4. The van der Waals surface area contributed by atoms with Gasteiger partial charge in [-0.15, -0.1) is 0 Å². The van der Waals surface area contributed by atoms with Crippen LogP contribution in [0.1, 0.15) is 326 Å². The predicted molar refractivity (Wildman–Crippen MR) is 385 cm³/mol. The molecule has 0 aliphatic carbocycles. The number of benzene rings is 5. The van der Waals surface area contributed by atoms with Crippen LogP contribution in [-0.2, 0) is 43.3 Å². The van der Waals surface area contributed by atoms with Crippen LogP contribution in [-0.4, -0.2) is 65.5 Å². The molecule has 0 radical (unpaired) electrons. The highest BCUT2D eigenvalue weighted by molar-refractivity contribution is 5.86. The third kappa shape index (κ3) is 23.8. The summed E-state index contributed by atoms with van der Waals surface area (Å²) in [5, 5.41) is 70.8. The van der Waals surface area contributed by atoms with E-state index in [4.69, 9.17) is 17.2 Å². The Balaban J connectivity index is 0.000000620. The van der Waals surface area contributed by atoms with Gasteiger partial charge in [-0.2, -0.15) is 26.3 Å². The SMILES string of the molecule is CC(C)(C)c1cccc(C(C)(C)C)c1O.CC(C)c1cc(C(C)(C)C)cc(C(C)(C)C)c1O.CC(C)c1cc(C(O)(C(N)=O)C(F)(F)F)cc(C(C)C)c1O.CC(C)c1cc(CCCCCCC(O)(C(N)=O)C(F)(F)F)cc(C(C)C)c1O.CC(C)c1cc(N)cc(C(C)C)c1O. The van der Waals surface area contributed by atoms with Crippen molar-refractivity contribution in [3.05, 3.63) is 139 Å². The Labute approximate surface area is 576 Å². The smallest absolute Gasteiger partial charge is 0.430 e. The van der Waals surface area contributed by atoms with Crippen molar-refractivity contribution in [1.82, 2.24) is 0 Å². The van der Waals surface area contributed by atoms with E-state index in [1.54, 1.807) is 27.7 Å². The van der Waals surface area contributed by atoms with Crippen LogP contribution in [0, 0.1) is 0 Å². The molecule has 97 heavy (non-hydrogen) atoms. The fraction of sp³-hybridized carbons (Fsp3) is 0.595. The maximum Gasteiger partial charge on any atom is 0.430 e. The largest absolute Gasteiger partial charge is 0.507 e. The summed E-state index contributed by atoms with van der Waals surface area (Å²) < 4.78 is 78.0. The highest BCUT2D eigenvalue weighted by Gasteiger charge is 2.60. The number of anilines is 1. The molecule has 2 unspecified atom stereocenters. The maximum absolute atomic E-state index is 13.2. The number of alkyl halides is 6. The van der Waals surface area contributed by atoms with Crippen molar-refractivity contribution in [2.75, 3.05) is 5.73 Å². The number of phenols is 5. The molecule has 0 aliphatic heterocycles. The van der Waals surface area contributed by atoms with E-state index in [1.165, 1.54) is 5.56 Å². The van der Waals surface area contributed by atoms with E-state index >= 15 is 0 Å². The van der Waals surface area contributed by atoms with Crippen LogP contribution >= 0.6 is 0 Å². The molecule has 5 aromatic rings. The van der Waals surface area contributed by atoms with Crippen LogP contribution in [0.4, 0.5) is 32.0 Å². The Morgan fingerprint density at radius 2 is 0.691 bits per heavy atom. The zero-order valence-electron chi connectivity index (χ0n) is 63.1. The first-order valence-electron chi connectivity index (χ1n) is 33.9. The number of halogens is 6. The van der Waals surface area contributed by atoms with E-state index < -0.39 is 47.4 Å². The Hall–Kier alpha value is -6.66. The minimum atomic E-state index is -5.27. The summed E-state index contributed by atoms with van der Waals surface area (Å²) in [6.07, 6.45) is -8.36. The average molecular weight is 1370 g/mol. The molecule has 548 valence electrons. The monoisotopic (exact) mass is 1370 g/mol. The molecule has 13 N–H and O–H groups in total. The topological polar surface area (TPSA) is 254 Å². The van der Waals surface area contributed by atoms with Gasteiger partial charge < -0.3 is 52.9 Å². The summed E-state index contributed by atoms with van der Waals surface area (Å²) in [6, 6.07) is 20.0. The lowest BCUT2D eigenvalue weighted by molar-refractivity contribution is -0.255. The second-order valence-electron chi connectivity index (χ2n) is 32.1. The predicted octanol–water partition coefficient (Wildman–Crippen LogP) is 20.1. The summed E-state index contributed by atoms with van der Waals surface area (Å²) >= 11 is 0. The van der Waals surface area contributed by atoms with Crippen molar-refractivity contribution in [2.24, 2.45) is 11.5 Å². The summed E-state index contributed by atoms with van der Waals surface area (Å²) in [4.78, 5) is 22.3. The summed E-state index contributed by atoms with van der Waals surface area (Å²) in [5.74, 6) is -1.41. The van der Waals surface area contributed by atoms with Crippen LogP contribution < -0.4 is 17.2 Å². The Kier molecular flexibility index (Phi) is 31.3. The zero-order chi connectivity index (χ0) is 76.2. The summed E-state index contributed by atoms with van der Waals surface area (Å²) in [7, 11) is 0. The average Bonchev–Trinajstić information content (AvgIpc) is 0.759. The molecule has 0 heterocycles. The normalized spacial score (nSPS) is 13.7. The minimum absolute atomic E-state index is 0.00859. The van der Waals surface area contributed by atoms with Crippen LogP contribution in [0.15, 0.2) is 66.7 Å². The molecule has 0 fully saturated rings. The molecular weight excluding hydrogens is 1250 g/mol. The summed E-state index contributed by atoms with van der Waals surface area (Å²) in [5.41, 5.74) is 18.8. The molecule has 0 aliphatic rings. The zero-order valence-corrected chi connectivity index (χ0v) is 63.1. The third-order valence-corrected chi connectivity index (χ3v) is 17.2. The number of nitrogens with two attached hydrogens (primary N) is 3. The van der Waals surface area contributed by atoms with Crippen molar-refractivity contribution in [1.29, 1.82) is 0 Å². The van der Waals surface area contributed by atoms with Crippen molar-refractivity contribution in [2.45, 2.75) is 305 Å². The van der Waals surface area contributed by atoms with Gasteiger partial charge in [0.15, 0.2) is 0 Å². The Morgan fingerprint density at radius 1 is 0.381 bits per heavy atom. The number of nitrogen functional groups attached to an aromatic ring is 1. The van der Waals surface area contributed by atoms with E-state index in [1.807, 2.05) is 70.2 Å². The number of aliphatic hydroxyl groups is 2. The molecule has 0 aromatic heterocycles. The highest BCUT2D eigenvalue weighted by Crippen LogP contribution is 2.46. The molecule has 5 aromatic carbocycles. The molecule has 0 saturated carbocycles. The lowest BCUT2D eigenvalue weighted by atomic mass is 9.77. The van der Waals surface area contributed by atoms with Crippen LogP contribution in [0.5, 0.6) is 28.7 Å². The molecule has 0 saturated heterocycles. The van der Waals surface area contributed by atoms with Crippen LogP contribution in [0.25, 0.3) is 0 Å². The molecule has 2 amide bonds. The quantitative estimate of drug-likeness (QED) is 0.0182. The van der Waals surface area contributed by atoms with Crippen molar-refractivity contribution < 1.29 is 71.7 Å². The van der Waals surface area contributed by atoms with Gasteiger partial charge in [0, 0.05) is 11.3 Å². The summed E-state index contributed by atoms with van der Waals surface area (Å²) in [6.45, 7) is 53.1.